The Morgan fingerprint density at radius 2 is 1.72 bits per heavy atom. The maximum atomic E-state index is 13.8. The lowest BCUT2D eigenvalue weighted by Crippen LogP contribution is -2.33. The van der Waals surface area contributed by atoms with Crippen LogP contribution in [0.3, 0.4) is 0 Å². The molecule has 0 heterocycles. The van der Waals surface area contributed by atoms with Crippen LogP contribution in [-0.4, -0.2) is 26.0 Å². The van der Waals surface area contributed by atoms with Gasteiger partial charge >= 0.3 is 5.97 Å². The molecule has 29 heavy (non-hydrogen) atoms. The van der Waals surface area contributed by atoms with Gasteiger partial charge in [0.1, 0.15) is 0 Å². The highest BCUT2D eigenvalue weighted by molar-refractivity contribution is 7.93. The van der Waals surface area contributed by atoms with E-state index in [-0.39, 0.29) is 22.7 Å². The van der Waals surface area contributed by atoms with Crippen LogP contribution < -0.4 is 4.31 Å². The summed E-state index contributed by atoms with van der Waals surface area (Å²) < 4.78 is 28.9. The Bertz CT molecular complexity index is 1190. The first-order valence-corrected chi connectivity index (χ1v) is 11.3. The van der Waals surface area contributed by atoms with Crippen molar-refractivity contribution >= 4 is 32.5 Å². The Morgan fingerprint density at radius 1 is 1.00 bits per heavy atom. The van der Waals surface area contributed by atoms with Crippen molar-refractivity contribution in [2.75, 3.05) is 10.8 Å². The minimum atomic E-state index is -3.94. The molecule has 0 bridgehead atoms. The molecule has 0 saturated carbocycles. The van der Waals surface area contributed by atoms with E-state index in [2.05, 4.69) is 0 Å². The molecule has 0 aliphatic heterocycles. The van der Waals surface area contributed by atoms with Crippen LogP contribution in [0.15, 0.2) is 59.5 Å². The van der Waals surface area contributed by atoms with Crippen LogP contribution in [0.1, 0.15) is 41.3 Å². The summed E-state index contributed by atoms with van der Waals surface area (Å²) in [5.41, 5.74) is 2.52. The van der Waals surface area contributed by atoms with E-state index in [1.54, 1.807) is 24.3 Å². The van der Waals surface area contributed by atoms with E-state index in [4.69, 9.17) is 0 Å². The lowest BCUT2D eigenvalue weighted by atomic mass is 10.1. The van der Waals surface area contributed by atoms with Gasteiger partial charge in [-0.05, 0) is 54.0 Å². The van der Waals surface area contributed by atoms with Gasteiger partial charge in [-0.2, -0.15) is 0 Å². The van der Waals surface area contributed by atoms with E-state index in [1.807, 2.05) is 31.2 Å². The van der Waals surface area contributed by atoms with Gasteiger partial charge < -0.3 is 5.11 Å². The third-order valence-electron chi connectivity index (χ3n) is 5.52. The van der Waals surface area contributed by atoms with Gasteiger partial charge in [0.2, 0.25) is 0 Å². The second kappa shape index (κ2) is 7.52. The van der Waals surface area contributed by atoms with Gasteiger partial charge in [0.05, 0.1) is 16.1 Å². The zero-order valence-corrected chi connectivity index (χ0v) is 17.1. The third kappa shape index (κ3) is 3.27. The third-order valence-corrected chi connectivity index (χ3v) is 7.39. The molecule has 0 unspecified atom stereocenters. The monoisotopic (exact) mass is 409 g/mol. The number of aryl methyl sites for hydroxylation is 2. The van der Waals surface area contributed by atoms with Gasteiger partial charge in [-0.15, -0.1) is 0 Å². The average molecular weight is 410 g/mol. The smallest absolute Gasteiger partial charge is 0.337 e. The van der Waals surface area contributed by atoms with Gasteiger partial charge in [-0.1, -0.05) is 49.7 Å². The van der Waals surface area contributed by atoms with Crippen LogP contribution in [0.2, 0.25) is 0 Å². The number of benzene rings is 3. The van der Waals surface area contributed by atoms with E-state index in [1.165, 1.54) is 21.5 Å². The van der Waals surface area contributed by atoms with Crippen molar-refractivity contribution in [3.63, 3.8) is 0 Å². The lowest BCUT2D eigenvalue weighted by molar-refractivity contribution is 0.0697. The van der Waals surface area contributed by atoms with Crippen molar-refractivity contribution in [2.24, 2.45) is 0 Å². The van der Waals surface area contributed by atoms with E-state index < -0.39 is 16.0 Å². The molecule has 0 radical (unpaired) electrons. The summed E-state index contributed by atoms with van der Waals surface area (Å²) in [6.07, 6.45) is 3.26. The van der Waals surface area contributed by atoms with Crippen LogP contribution in [0.25, 0.3) is 10.8 Å². The molecule has 4 rings (SSSR count). The fourth-order valence-electron chi connectivity index (χ4n) is 4.11. The predicted molar refractivity (Wildman–Crippen MR) is 114 cm³/mol. The normalized spacial score (nSPS) is 13.0. The Hall–Kier alpha value is -2.86. The van der Waals surface area contributed by atoms with Crippen molar-refractivity contribution in [1.29, 1.82) is 0 Å². The summed E-state index contributed by atoms with van der Waals surface area (Å²) in [6.45, 7) is 2.21. The molecule has 3 aromatic rings. The number of para-hydroxylation sites is 1. The van der Waals surface area contributed by atoms with Crippen LogP contribution >= 0.6 is 0 Å². The molecule has 0 aromatic heterocycles. The number of aromatic carboxylic acids is 1. The number of carboxylic acids is 1. The Balaban J connectivity index is 1.93. The zero-order chi connectivity index (χ0) is 20.6. The van der Waals surface area contributed by atoms with Crippen LogP contribution in [0.4, 0.5) is 5.69 Å². The molecular formula is C23H23NO4S. The summed E-state index contributed by atoms with van der Waals surface area (Å²) in [7, 11) is -3.94. The number of anilines is 1. The number of carboxylic acid groups (broad SMARTS) is 1. The van der Waals surface area contributed by atoms with E-state index in [0.717, 1.165) is 24.6 Å². The molecule has 1 aliphatic carbocycles. The number of nitrogens with zero attached hydrogens (tertiary/aromatic N) is 1. The van der Waals surface area contributed by atoms with E-state index >= 15 is 0 Å². The SMILES string of the molecule is CCCCN(c1ccccc1C(=O)O)S(=O)(=O)c1ccc2c3c(cccc13)CC2. The molecule has 0 fully saturated rings. The topological polar surface area (TPSA) is 74.7 Å². The standard InChI is InChI=1S/C23H23NO4S/c1-2-3-15-24(20-10-5-4-8-18(20)23(25)26)29(27,28)21-14-13-17-12-11-16-7-6-9-19(21)22(16)17/h4-10,13-14H,2-3,11-12,15H2,1H3,(H,25,26). The van der Waals surface area contributed by atoms with Gasteiger partial charge in [0.25, 0.3) is 10.0 Å². The molecule has 5 nitrogen and oxygen atoms in total. The fourth-order valence-corrected chi connectivity index (χ4v) is 5.82. The van der Waals surface area contributed by atoms with Crippen molar-refractivity contribution in [3.8, 4) is 0 Å². The van der Waals surface area contributed by atoms with Crippen LogP contribution in [0.5, 0.6) is 0 Å². The first-order chi connectivity index (χ1) is 13.9. The summed E-state index contributed by atoms with van der Waals surface area (Å²) in [5, 5.41) is 11.3. The minimum absolute atomic E-state index is 0.0156. The number of sulfonamides is 1. The van der Waals surface area contributed by atoms with Crippen molar-refractivity contribution in [2.45, 2.75) is 37.5 Å². The predicted octanol–water partition coefficient (Wildman–Crippen LogP) is 4.63. The molecule has 0 saturated heterocycles. The molecular weight excluding hydrogens is 386 g/mol. The Kier molecular flexibility index (Phi) is 5.04. The molecule has 0 atom stereocenters. The summed E-state index contributed by atoms with van der Waals surface area (Å²) in [6, 6.07) is 15.6. The quantitative estimate of drug-likeness (QED) is 0.617. The molecule has 0 amide bonds. The highest BCUT2D eigenvalue weighted by atomic mass is 32.2. The number of hydrogen-bond donors (Lipinski definition) is 1. The zero-order valence-electron chi connectivity index (χ0n) is 16.3. The second-order valence-electron chi connectivity index (χ2n) is 7.32. The number of carbonyl (C=O) groups is 1. The number of hydrogen-bond acceptors (Lipinski definition) is 3. The molecule has 0 spiro atoms. The number of unbranched alkanes of at least 4 members (excludes halogenated alkanes) is 1. The van der Waals surface area contributed by atoms with Crippen molar-refractivity contribution in [1.82, 2.24) is 0 Å². The maximum absolute atomic E-state index is 13.8. The average Bonchev–Trinajstić information content (AvgIpc) is 3.13. The van der Waals surface area contributed by atoms with Crippen LogP contribution in [0, 0.1) is 0 Å². The summed E-state index contributed by atoms with van der Waals surface area (Å²) in [4.78, 5) is 12.0. The first-order valence-electron chi connectivity index (χ1n) is 9.83. The number of rotatable bonds is 7. The van der Waals surface area contributed by atoms with Gasteiger partial charge in [-0.25, -0.2) is 13.2 Å². The Morgan fingerprint density at radius 3 is 2.45 bits per heavy atom. The largest absolute Gasteiger partial charge is 0.478 e. The molecule has 150 valence electrons. The van der Waals surface area contributed by atoms with Gasteiger partial charge in [0, 0.05) is 11.9 Å². The summed E-state index contributed by atoms with van der Waals surface area (Å²) in [5.74, 6) is -1.14. The van der Waals surface area contributed by atoms with Crippen molar-refractivity contribution < 1.29 is 18.3 Å². The summed E-state index contributed by atoms with van der Waals surface area (Å²) >= 11 is 0. The minimum Gasteiger partial charge on any atom is -0.478 e. The molecule has 3 aromatic carbocycles. The fraction of sp³-hybridized carbons (Fsp3) is 0.261. The second-order valence-corrected chi connectivity index (χ2v) is 9.15. The highest BCUT2D eigenvalue weighted by Crippen LogP contribution is 2.37. The Labute approximate surface area is 170 Å². The van der Waals surface area contributed by atoms with E-state index in [0.29, 0.717) is 11.8 Å². The molecule has 1 aliphatic rings. The van der Waals surface area contributed by atoms with Gasteiger partial charge in [0.15, 0.2) is 0 Å². The first kappa shape index (κ1) is 19.5. The molecule has 6 heteroatoms. The van der Waals surface area contributed by atoms with Gasteiger partial charge in [-0.3, -0.25) is 4.31 Å². The molecule has 1 N–H and O–H groups in total. The lowest BCUT2D eigenvalue weighted by Gasteiger charge is -2.26. The van der Waals surface area contributed by atoms with E-state index in [9.17, 15) is 18.3 Å². The van der Waals surface area contributed by atoms with Crippen LogP contribution in [-0.2, 0) is 22.9 Å². The van der Waals surface area contributed by atoms with Crippen molar-refractivity contribution in [3.05, 3.63) is 71.3 Å². The highest BCUT2D eigenvalue weighted by Gasteiger charge is 2.30. The maximum Gasteiger partial charge on any atom is 0.337 e.